The van der Waals surface area contributed by atoms with Gasteiger partial charge in [-0.2, -0.15) is 0 Å². The van der Waals surface area contributed by atoms with E-state index in [-0.39, 0.29) is 4.90 Å². The smallest absolute Gasteiger partial charge is 0.264 e. The van der Waals surface area contributed by atoms with Crippen LogP contribution in [0.2, 0.25) is 0 Å². The fourth-order valence-corrected chi connectivity index (χ4v) is 5.21. The topological polar surface area (TPSA) is 98.1 Å². The Kier molecular flexibility index (Phi) is 5.94. The van der Waals surface area contributed by atoms with E-state index in [1.54, 1.807) is 12.1 Å². The molecule has 1 amide bonds. The summed E-state index contributed by atoms with van der Waals surface area (Å²) in [5.74, 6) is -0.821. The number of amides is 1. The minimum Gasteiger partial charge on any atom is -0.289 e. The number of fused-ring (bicyclic) bond motifs is 1. The van der Waals surface area contributed by atoms with Gasteiger partial charge in [0.25, 0.3) is 21.5 Å². The molecule has 32 heavy (non-hydrogen) atoms. The van der Waals surface area contributed by atoms with Crippen LogP contribution in [-0.4, -0.2) is 23.9 Å². The van der Waals surface area contributed by atoms with Gasteiger partial charge in [0.05, 0.1) is 16.6 Å². The molecule has 2 aromatic heterocycles. The van der Waals surface area contributed by atoms with Gasteiger partial charge >= 0.3 is 0 Å². The Labute approximate surface area is 189 Å². The van der Waals surface area contributed by atoms with Gasteiger partial charge in [-0.05, 0) is 36.6 Å². The van der Waals surface area contributed by atoms with Crippen LogP contribution in [0.3, 0.4) is 0 Å². The quantitative estimate of drug-likeness (QED) is 0.468. The maximum Gasteiger partial charge on any atom is 0.264 e. The molecular weight excluding hydrogens is 446 g/mol. The number of carbonyl (C=O) groups is 1. The number of thiophene rings is 1. The zero-order valence-corrected chi connectivity index (χ0v) is 19.2. The third kappa shape index (κ3) is 4.35. The molecule has 0 aliphatic rings. The number of hydrogen-bond acceptors (Lipinski definition) is 6. The first-order valence-electron chi connectivity index (χ1n) is 9.97. The summed E-state index contributed by atoms with van der Waals surface area (Å²) < 4.78 is 28.1. The van der Waals surface area contributed by atoms with Crippen molar-refractivity contribution in [3.63, 3.8) is 0 Å². The highest BCUT2D eigenvalue weighted by molar-refractivity contribution is 7.90. The summed E-state index contributed by atoms with van der Waals surface area (Å²) in [4.78, 5) is 30.4. The third-order valence-electron chi connectivity index (χ3n) is 5.13. The molecule has 7 nitrogen and oxygen atoms in total. The predicted molar refractivity (Wildman–Crippen MR) is 125 cm³/mol. The van der Waals surface area contributed by atoms with E-state index in [1.165, 1.54) is 35.4 Å². The molecule has 2 heterocycles. The van der Waals surface area contributed by atoms with E-state index in [2.05, 4.69) is 11.9 Å². The lowest BCUT2D eigenvalue weighted by Crippen LogP contribution is -2.36. The van der Waals surface area contributed by atoms with Gasteiger partial charge in [-0.15, -0.1) is 11.3 Å². The van der Waals surface area contributed by atoms with E-state index in [9.17, 15) is 18.0 Å². The number of benzene rings is 2. The van der Waals surface area contributed by atoms with E-state index in [0.717, 1.165) is 27.7 Å². The van der Waals surface area contributed by atoms with E-state index >= 15 is 0 Å². The molecule has 0 spiro atoms. The van der Waals surface area contributed by atoms with Gasteiger partial charge in [0, 0.05) is 10.9 Å². The number of sulfonamides is 1. The van der Waals surface area contributed by atoms with E-state index < -0.39 is 28.0 Å². The molecule has 0 saturated heterocycles. The highest BCUT2D eigenvalue weighted by Gasteiger charge is 2.19. The van der Waals surface area contributed by atoms with Gasteiger partial charge < -0.3 is 0 Å². The largest absolute Gasteiger partial charge is 0.289 e. The zero-order chi connectivity index (χ0) is 22.9. The molecule has 164 valence electrons. The summed E-state index contributed by atoms with van der Waals surface area (Å²) in [5, 5.41) is 2.28. The first kappa shape index (κ1) is 21.9. The number of aryl methyl sites for hydroxylation is 2. The number of carbonyl (C=O) groups excluding carboxylic acids is 1. The van der Waals surface area contributed by atoms with Crippen LogP contribution in [0.5, 0.6) is 0 Å². The molecule has 0 unspecified atom stereocenters. The number of nitrogens with zero attached hydrogens (tertiary/aromatic N) is 2. The normalized spacial score (nSPS) is 11.6. The van der Waals surface area contributed by atoms with Gasteiger partial charge in [0.15, 0.2) is 0 Å². The molecule has 4 aromatic rings. The first-order chi connectivity index (χ1) is 15.3. The van der Waals surface area contributed by atoms with Crippen molar-refractivity contribution in [2.75, 3.05) is 0 Å². The van der Waals surface area contributed by atoms with Crippen molar-refractivity contribution in [1.82, 2.24) is 14.3 Å². The molecule has 0 bridgehead atoms. The summed E-state index contributed by atoms with van der Waals surface area (Å²) >= 11 is 1.35. The molecule has 0 atom stereocenters. The number of nitrogens with one attached hydrogen (secondary N) is 1. The number of aromatic nitrogens is 2. The average Bonchev–Trinajstić information content (AvgIpc) is 3.20. The van der Waals surface area contributed by atoms with E-state index in [1.807, 2.05) is 41.3 Å². The van der Waals surface area contributed by atoms with Gasteiger partial charge in [-0.1, -0.05) is 48.9 Å². The fraction of sp³-hybridized carbons (Fsp3) is 0.174. The Morgan fingerprint density at radius 2 is 1.78 bits per heavy atom. The highest BCUT2D eigenvalue weighted by Crippen LogP contribution is 2.30. The van der Waals surface area contributed by atoms with Crippen LogP contribution in [0.4, 0.5) is 0 Å². The van der Waals surface area contributed by atoms with E-state index in [0.29, 0.717) is 10.2 Å². The monoisotopic (exact) mass is 467 g/mol. The third-order valence-corrected chi connectivity index (χ3v) is 7.40. The molecule has 2 aromatic carbocycles. The Bertz CT molecular complexity index is 1450. The molecular formula is C23H21N3O4S2. The number of rotatable bonds is 6. The van der Waals surface area contributed by atoms with Crippen LogP contribution in [0.1, 0.15) is 18.1 Å². The van der Waals surface area contributed by atoms with Crippen LogP contribution in [0, 0.1) is 6.92 Å². The van der Waals surface area contributed by atoms with Gasteiger partial charge in [0.1, 0.15) is 11.4 Å². The second-order valence-electron chi connectivity index (χ2n) is 7.40. The summed E-state index contributed by atoms with van der Waals surface area (Å²) in [7, 11) is -4.03. The SMILES string of the molecule is CCc1ccc(-c2csc3ncn(CC(=O)NS(=O)(=O)c4ccc(C)cc4)c(=O)c23)cc1. The van der Waals surface area contributed by atoms with Gasteiger partial charge in [-0.25, -0.2) is 18.1 Å². The molecule has 9 heteroatoms. The molecule has 0 fully saturated rings. The average molecular weight is 468 g/mol. The van der Waals surface area contributed by atoms with Crippen molar-refractivity contribution >= 4 is 37.5 Å². The lowest BCUT2D eigenvalue weighted by molar-refractivity contribution is -0.119. The Morgan fingerprint density at radius 3 is 2.44 bits per heavy atom. The first-order valence-corrected chi connectivity index (χ1v) is 12.3. The predicted octanol–water partition coefficient (Wildman–Crippen LogP) is 3.50. The van der Waals surface area contributed by atoms with Crippen molar-refractivity contribution in [2.45, 2.75) is 31.7 Å². The van der Waals surface area contributed by atoms with Crippen molar-refractivity contribution < 1.29 is 13.2 Å². The molecule has 1 N–H and O–H groups in total. The zero-order valence-electron chi connectivity index (χ0n) is 17.5. The summed E-state index contributed by atoms with van der Waals surface area (Å²) in [6, 6.07) is 14.1. The molecule has 4 rings (SSSR count). The maximum absolute atomic E-state index is 13.1. The summed E-state index contributed by atoms with van der Waals surface area (Å²) in [6.07, 6.45) is 2.18. The Morgan fingerprint density at radius 1 is 1.09 bits per heavy atom. The molecule has 0 radical (unpaired) electrons. The minimum atomic E-state index is -4.03. The maximum atomic E-state index is 13.1. The second-order valence-corrected chi connectivity index (χ2v) is 9.94. The van der Waals surface area contributed by atoms with E-state index in [4.69, 9.17) is 0 Å². The van der Waals surface area contributed by atoms with Crippen molar-refractivity contribution in [3.8, 4) is 11.1 Å². The Hall–Kier alpha value is -3.30. The number of hydrogen-bond donors (Lipinski definition) is 1. The van der Waals surface area contributed by atoms with Crippen molar-refractivity contribution in [3.05, 3.63) is 81.7 Å². The Balaban J connectivity index is 1.62. The fourth-order valence-electron chi connectivity index (χ4n) is 3.33. The van der Waals surface area contributed by atoms with Crippen LogP contribution in [-0.2, 0) is 27.8 Å². The molecule has 0 aliphatic heterocycles. The van der Waals surface area contributed by atoms with Crippen molar-refractivity contribution in [2.24, 2.45) is 0 Å². The van der Waals surface area contributed by atoms with Gasteiger partial charge in [0.2, 0.25) is 0 Å². The minimum absolute atomic E-state index is 0.0204. The highest BCUT2D eigenvalue weighted by atomic mass is 32.2. The van der Waals surface area contributed by atoms with Crippen LogP contribution < -0.4 is 10.3 Å². The lowest BCUT2D eigenvalue weighted by Gasteiger charge is -2.09. The summed E-state index contributed by atoms with van der Waals surface area (Å²) in [5.41, 5.74) is 3.32. The molecule has 0 saturated carbocycles. The van der Waals surface area contributed by atoms with Crippen LogP contribution in [0.25, 0.3) is 21.3 Å². The molecule has 0 aliphatic carbocycles. The summed E-state index contributed by atoms with van der Waals surface area (Å²) in [6.45, 7) is 3.44. The lowest BCUT2D eigenvalue weighted by atomic mass is 10.0. The standard InChI is InChI=1S/C23H21N3O4S2/c1-3-16-6-8-17(9-7-16)19-13-31-22-21(19)23(28)26(14-24-22)12-20(27)25-32(29,30)18-10-4-15(2)5-11-18/h4-11,13-14H,3,12H2,1-2H3,(H,25,27). The second kappa shape index (κ2) is 8.68. The van der Waals surface area contributed by atoms with Crippen molar-refractivity contribution in [1.29, 1.82) is 0 Å². The van der Waals surface area contributed by atoms with Crippen LogP contribution >= 0.6 is 11.3 Å². The van der Waals surface area contributed by atoms with Gasteiger partial charge in [-0.3, -0.25) is 14.2 Å². The van der Waals surface area contributed by atoms with Crippen LogP contribution in [0.15, 0.2) is 69.9 Å².